The van der Waals surface area contributed by atoms with Gasteiger partial charge in [0.15, 0.2) is 0 Å². The van der Waals surface area contributed by atoms with Gasteiger partial charge in [0.25, 0.3) is 0 Å². The fourth-order valence-electron chi connectivity index (χ4n) is 2.82. The number of rotatable bonds is 10. The molecule has 1 saturated carbocycles. The molecule has 0 aromatic heterocycles. The topological polar surface area (TPSA) is 15.3 Å². The first kappa shape index (κ1) is 16.0. The lowest BCUT2D eigenvalue weighted by molar-refractivity contribution is 0.0582. The van der Waals surface area contributed by atoms with Crippen molar-refractivity contribution < 1.29 is 0 Å². The second kappa shape index (κ2) is 8.92. The Bertz CT molecular complexity index is 195. The van der Waals surface area contributed by atoms with E-state index in [0.29, 0.717) is 6.04 Å². The Kier molecular flexibility index (Phi) is 7.92. The van der Waals surface area contributed by atoms with E-state index >= 15 is 0 Å². The normalized spacial score (nSPS) is 23.7. The maximum atomic E-state index is 3.62. The summed E-state index contributed by atoms with van der Waals surface area (Å²) in [4.78, 5) is 2.78. The Morgan fingerprint density at radius 2 is 1.67 bits per heavy atom. The van der Waals surface area contributed by atoms with E-state index < -0.39 is 0 Å². The highest BCUT2D eigenvalue weighted by Crippen LogP contribution is 2.32. The summed E-state index contributed by atoms with van der Waals surface area (Å²) in [5, 5.41) is 3.62. The molecule has 0 spiro atoms. The summed E-state index contributed by atoms with van der Waals surface area (Å²) in [5.41, 5.74) is 0. The summed E-state index contributed by atoms with van der Waals surface area (Å²) in [6.45, 7) is 13.0. The number of nitrogens with one attached hydrogen (secondary N) is 1. The summed E-state index contributed by atoms with van der Waals surface area (Å²) in [6, 6.07) is 1.50. The van der Waals surface area contributed by atoms with Gasteiger partial charge in [-0.05, 0) is 51.2 Å². The van der Waals surface area contributed by atoms with Crippen LogP contribution in [-0.4, -0.2) is 36.6 Å². The molecule has 0 aromatic carbocycles. The summed E-state index contributed by atoms with van der Waals surface area (Å²) in [6.07, 6.45) is 8.24. The van der Waals surface area contributed by atoms with E-state index in [1.807, 2.05) is 0 Å². The number of hydrogen-bond acceptors (Lipinski definition) is 2. The molecule has 1 aliphatic rings. The van der Waals surface area contributed by atoms with Crippen molar-refractivity contribution in [3.63, 3.8) is 0 Å². The highest BCUT2D eigenvalue weighted by atomic mass is 15.2. The monoisotopic (exact) mass is 254 g/mol. The Morgan fingerprint density at radius 3 is 2.06 bits per heavy atom. The van der Waals surface area contributed by atoms with Gasteiger partial charge in [0.2, 0.25) is 0 Å². The molecule has 2 nitrogen and oxygen atoms in total. The van der Waals surface area contributed by atoms with Crippen LogP contribution in [0.2, 0.25) is 0 Å². The van der Waals surface area contributed by atoms with E-state index in [0.717, 1.165) is 12.0 Å². The van der Waals surface area contributed by atoms with Crippen molar-refractivity contribution in [3.8, 4) is 0 Å². The highest BCUT2D eigenvalue weighted by Gasteiger charge is 2.34. The van der Waals surface area contributed by atoms with Crippen molar-refractivity contribution in [1.29, 1.82) is 0 Å². The van der Waals surface area contributed by atoms with Crippen LogP contribution in [0, 0.1) is 5.92 Å². The van der Waals surface area contributed by atoms with Crippen molar-refractivity contribution in [1.82, 2.24) is 10.2 Å². The standard InChI is InChI=1S/C16H34N2/c1-5-7-11-18(12-8-6-2)16-10-9-15(16)13-17-14(3)4/h14-17H,5-13H2,1-4H3. The summed E-state index contributed by atoms with van der Waals surface area (Å²) < 4.78 is 0. The summed E-state index contributed by atoms with van der Waals surface area (Å²) in [7, 11) is 0. The average molecular weight is 254 g/mol. The van der Waals surface area contributed by atoms with Crippen molar-refractivity contribution in [2.45, 2.75) is 78.3 Å². The van der Waals surface area contributed by atoms with Gasteiger partial charge in [-0.25, -0.2) is 0 Å². The SMILES string of the molecule is CCCCN(CCCC)C1CCC1CNC(C)C. The third-order valence-electron chi connectivity index (χ3n) is 4.23. The van der Waals surface area contributed by atoms with E-state index in [1.54, 1.807) is 0 Å². The van der Waals surface area contributed by atoms with Crippen LogP contribution in [-0.2, 0) is 0 Å². The van der Waals surface area contributed by atoms with E-state index in [9.17, 15) is 0 Å². The predicted octanol–water partition coefficient (Wildman–Crippen LogP) is 3.67. The van der Waals surface area contributed by atoms with Gasteiger partial charge in [-0.1, -0.05) is 40.5 Å². The van der Waals surface area contributed by atoms with Gasteiger partial charge in [-0.3, -0.25) is 0 Å². The second-order valence-electron chi connectivity index (χ2n) is 6.21. The zero-order chi connectivity index (χ0) is 13.4. The van der Waals surface area contributed by atoms with Crippen molar-refractivity contribution in [3.05, 3.63) is 0 Å². The molecular weight excluding hydrogens is 220 g/mol. The van der Waals surface area contributed by atoms with Crippen LogP contribution >= 0.6 is 0 Å². The third-order valence-corrected chi connectivity index (χ3v) is 4.23. The van der Waals surface area contributed by atoms with Gasteiger partial charge < -0.3 is 10.2 Å². The molecule has 108 valence electrons. The predicted molar refractivity (Wildman–Crippen MR) is 81.0 cm³/mol. The Balaban J connectivity index is 2.35. The van der Waals surface area contributed by atoms with Crippen LogP contribution in [0.5, 0.6) is 0 Å². The van der Waals surface area contributed by atoms with Gasteiger partial charge in [0.1, 0.15) is 0 Å². The quantitative estimate of drug-likeness (QED) is 0.640. The minimum absolute atomic E-state index is 0.631. The Morgan fingerprint density at radius 1 is 1.06 bits per heavy atom. The molecular formula is C16H34N2. The first-order chi connectivity index (χ1) is 8.69. The van der Waals surface area contributed by atoms with E-state index in [1.165, 1.54) is 58.2 Å². The zero-order valence-corrected chi connectivity index (χ0v) is 13.0. The molecule has 18 heavy (non-hydrogen) atoms. The van der Waals surface area contributed by atoms with Crippen LogP contribution in [0.3, 0.4) is 0 Å². The molecule has 0 heterocycles. The number of hydrogen-bond donors (Lipinski definition) is 1. The van der Waals surface area contributed by atoms with Crippen molar-refractivity contribution in [2.75, 3.05) is 19.6 Å². The largest absolute Gasteiger partial charge is 0.314 e. The lowest BCUT2D eigenvalue weighted by Gasteiger charge is -2.45. The smallest absolute Gasteiger partial charge is 0.0136 e. The van der Waals surface area contributed by atoms with Gasteiger partial charge in [0, 0.05) is 12.1 Å². The summed E-state index contributed by atoms with van der Waals surface area (Å²) >= 11 is 0. The van der Waals surface area contributed by atoms with Crippen LogP contribution in [0.15, 0.2) is 0 Å². The maximum Gasteiger partial charge on any atom is 0.0136 e. The lowest BCUT2D eigenvalue weighted by atomic mass is 9.78. The van der Waals surface area contributed by atoms with Crippen molar-refractivity contribution in [2.24, 2.45) is 5.92 Å². The average Bonchev–Trinajstić information content (AvgIpc) is 2.30. The molecule has 0 aliphatic heterocycles. The molecule has 2 heteroatoms. The van der Waals surface area contributed by atoms with E-state index in [-0.39, 0.29) is 0 Å². The van der Waals surface area contributed by atoms with Crippen LogP contribution in [0.4, 0.5) is 0 Å². The molecule has 0 bridgehead atoms. The third kappa shape index (κ3) is 5.27. The molecule has 0 aromatic rings. The molecule has 0 radical (unpaired) electrons. The first-order valence-electron chi connectivity index (χ1n) is 8.16. The zero-order valence-electron chi connectivity index (χ0n) is 13.0. The maximum absolute atomic E-state index is 3.62. The molecule has 2 unspecified atom stereocenters. The molecule has 1 rings (SSSR count). The molecule has 1 N–H and O–H groups in total. The fourth-order valence-corrected chi connectivity index (χ4v) is 2.82. The molecule has 0 saturated heterocycles. The van der Waals surface area contributed by atoms with Crippen LogP contribution in [0.1, 0.15) is 66.2 Å². The lowest BCUT2D eigenvalue weighted by Crippen LogP contribution is -2.51. The molecule has 1 aliphatic carbocycles. The van der Waals surface area contributed by atoms with E-state index in [2.05, 4.69) is 37.9 Å². The molecule has 1 fully saturated rings. The minimum atomic E-state index is 0.631. The highest BCUT2D eigenvalue weighted by molar-refractivity contribution is 4.90. The van der Waals surface area contributed by atoms with Gasteiger partial charge >= 0.3 is 0 Å². The van der Waals surface area contributed by atoms with Crippen molar-refractivity contribution >= 4 is 0 Å². The first-order valence-corrected chi connectivity index (χ1v) is 8.16. The van der Waals surface area contributed by atoms with Gasteiger partial charge in [-0.15, -0.1) is 0 Å². The van der Waals surface area contributed by atoms with Crippen LogP contribution < -0.4 is 5.32 Å². The number of unbranched alkanes of at least 4 members (excludes halogenated alkanes) is 2. The molecule has 0 amide bonds. The van der Waals surface area contributed by atoms with Gasteiger partial charge in [-0.2, -0.15) is 0 Å². The Hall–Kier alpha value is -0.0800. The second-order valence-corrected chi connectivity index (χ2v) is 6.21. The molecule has 2 atom stereocenters. The number of nitrogens with zero attached hydrogens (tertiary/aromatic N) is 1. The van der Waals surface area contributed by atoms with Gasteiger partial charge in [0.05, 0.1) is 0 Å². The van der Waals surface area contributed by atoms with Crippen LogP contribution in [0.25, 0.3) is 0 Å². The minimum Gasteiger partial charge on any atom is -0.314 e. The van der Waals surface area contributed by atoms with E-state index in [4.69, 9.17) is 0 Å². The Labute approximate surface area is 115 Å². The fraction of sp³-hybridized carbons (Fsp3) is 1.00. The summed E-state index contributed by atoms with van der Waals surface area (Å²) in [5.74, 6) is 0.904.